The highest BCUT2D eigenvalue weighted by atomic mass is 16.5. The summed E-state index contributed by atoms with van der Waals surface area (Å²) in [6, 6.07) is 23.1. The van der Waals surface area contributed by atoms with Crippen LogP contribution in [0.1, 0.15) is 25.7 Å². The third-order valence-electron chi connectivity index (χ3n) is 6.10. The number of nitrogens with zero attached hydrogens (tertiary/aromatic N) is 2. The number of hydrogen-bond acceptors (Lipinski definition) is 4. The van der Waals surface area contributed by atoms with Crippen molar-refractivity contribution in [3.05, 3.63) is 79.0 Å². The molecule has 1 fully saturated rings. The van der Waals surface area contributed by atoms with Crippen LogP contribution in [0, 0.1) is 0 Å². The van der Waals surface area contributed by atoms with E-state index in [0.717, 1.165) is 35.4 Å². The van der Waals surface area contributed by atoms with Crippen LogP contribution in [0.5, 0.6) is 11.5 Å². The topological polar surface area (TPSA) is 80.2 Å². The summed E-state index contributed by atoms with van der Waals surface area (Å²) in [7, 11) is 0. The van der Waals surface area contributed by atoms with Gasteiger partial charge in [0.15, 0.2) is 0 Å². The first-order valence-electron chi connectivity index (χ1n) is 11.8. The quantitative estimate of drug-likeness (QED) is 0.304. The van der Waals surface area contributed by atoms with E-state index < -0.39 is 0 Å². The second-order valence-corrected chi connectivity index (χ2v) is 8.60. The van der Waals surface area contributed by atoms with Crippen LogP contribution in [0.4, 0.5) is 16.2 Å². The molecule has 1 aromatic heterocycles. The monoisotopic (exact) mass is 455 g/mol. The molecule has 0 unspecified atom stereocenters. The van der Waals surface area contributed by atoms with E-state index in [2.05, 4.69) is 21.0 Å². The number of amides is 2. The van der Waals surface area contributed by atoms with Crippen LogP contribution in [0.2, 0.25) is 0 Å². The number of benzene rings is 3. The van der Waals surface area contributed by atoms with Crippen LogP contribution in [0.3, 0.4) is 0 Å². The zero-order chi connectivity index (χ0) is 23.2. The molecule has 4 aromatic rings. The highest BCUT2D eigenvalue weighted by Gasteiger charge is 2.14. The van der Waals surface area contributed by atoms with Crippen molar-refractivity contribution in [3.8, 4) is 11.5 Å². The zero-order valence-corrected chi connectivity index (χ0v) is 19.0. The van der Waals surface area contributed by atoms with Gasteiger partial charge in [-0.2, -0.15) is 5.10 Å². The predicted molar refractivity (Wildman–Crippen MR) is 136 cm³/mol. The van der Waals surface area contributed by atoms with Gasteiger partial charge in [0.2, 0.25) is 0 Å². The zero-order valence-electron chi connectivity index (χ0n) is 19.0. The van der Waals surface area contributed by atoms with Crippen LogP contribution in [0.25, 0.3) is 10.9 Å². The van der Waals surface area contributed by atoms with Crippen LogP contribution in [-0.2, 0) is 6.54 Å². The molecule has 34 heavy (non-hydrogen) atoms. The number of urea groups is 1. The minimum Gasteiger partial charge on any atom is -0.457 e. The van der Waals surface area contributed by atoms with Crippen molar-refractivity contribution in [2.75, 3.05) is 17.2 Å². The Morgan fingerprint density at radius 2 is 1.62 bits per heavy atom. The van der Waals surface area contributed by atoms with Crippen LogP contribution < -0.4 is 20.7 Å². The van der Waals surface area contributed by atoms with Crippen molar-refractivity contribution < 1.29 is 9.53 Å². The lowest BCUT2D eigenvalue weighted by Gasteiger charge is -2.12. The second kappa shape index (κ2) is 10.4. The Morgan fingerprint density at radius 3 is 2.41 bits per heavy atom. The van der Waals surface area contributed by atoms with Gasteiger partial charge in [-0.15, -0.1) is 0 Å². The first-order valence-corrected chi connectivity index (χ1v) is 11.8. The minimum atomic E-state index is -0.302. The first-order chi connectivity index (χ1) is 16.7. The minimum absolute atomic E-state index is 0.302. The standard InChI is InChI=1S/C27H29N5O2/c33-27(30-22-10-13-25(14-11-22)34-24-8-2-1-3-9-24)31-23-12-15-26-20(18-23)19-29-32(26)17-16-28-21-6-4-5-7-21/h1-3,8-15,18-19,21,28H,4-7,16-17H2,(H2,30,31,33). The van der Waals surface area contributed by atoms with Gasteiger partial charge in [-0.1, -0.05) is 31.0 Å². The molecule has 3 aromatic carbocycles. The van der Waals surface area contributed by atoms with Gasteiger partial charge in [0.05, 0.1) is 18.3 Å². The van der Waals surface area contributed by atoms with Gasteiger partial charge < -0.3 is 20.7 Å². The molecule has 7 heteroatoms. The van der Waals surface area contributed by atoms with Gasteiger partial charge in [0.25, 0.3) is 0 Å². The summed E-state index contributed by atoms with van der Waals surface area (Å²) in [5.74, 6) is 1.47. The summed E-state index contributed by atoms with van der Waals surface area (Å²) < 4.78 is 7.80. The molecule has 174 valence electrons. The van der Waals surface area contributed by atoms with Crippen molar-refractivity contribution >= 4 is 28.3 Å². The van der Waals surface area contributed by atoms with Crippen LogP contribution in [0.15, 0.2) is 79.0 Å². The van der Waals surface area contributed by atoms with E-state index >= 15 is 0 Å². The molecule has 7 nitrogen and oxygen atoms in total. The molecule has 0 atom stereocenters. The third kappa shape index (κ3) is 5.55. The molecular formula is C27H29N5O2. The fraction of sp³-hybridized carbons (Fsp3) is 0.259. The molecule has 0 spiro atoms. The van der Waals surface area contributed by atoms with Crippen molar-refractivity contribution in [2.24, 2.45) is 0 Å². The summed E-state index contributed by atoms with van der Waals surface area (Å²) in [5.41, 5.74) is 2.47. The molecule has 1 aliphatic carbocycles. The smallest absolute Gasteiger partial charge is 0.323 e. The van der Waals surface area contributed by atoms with Gasteiger partial charge in [0, 0.05) is 29.3 Å². The van der Waals surface area contributed by atoms with Crippen LogP contribution >= 0.6 is 0 Å². The summed E-state index contributed by atoms with van der Waals surface area (Å²) in [4.78, 5) is 12.5. The summed E-state index contributed by atoms with van der Waals surface area (Å²) in [6.07, 6.45) is 7.07. The van der Waals surface area contributed by atoms with E-state index in [1.807, 2.05) is 83.7 Å². The van der Waals surface area contributed by atoms with E-state index in [1.54, 1.807) is 0 Å². The lowest BCUT2D eigenvalue weighted by molar-refractivity contribution is 0.262. The predicted octanol–water partition coefficient (Wildman–Crippen LogP) is 6.00. The number of para-hydroxylation sites is 1. The third-order valence-corrected chi connectivity index (χ3v) is 6.10. The first kappa shape index (κ1) is 22.0. The normalized spacial score (nSPS) is 13.8. The highest BCUT2D eigenvalue weighted by Crippen LogP contribution is 2.23. The molecule has 1 heterocycles. The Labute approximate surface area is 199 Å². The highest BCUT2D eigenvalue weighted by molar-refractivity contribution is 6.01. The summed E-state index contributed by atoms with van der Waals surface area (Å²) >= 11 is 0. The number of anilines is 2. The molecule has 1 saturated carbocycles. The van der Waals surface area contributed by atoms with E-state index in [9.17, 15) is 4.79 Å². The van der Waals surface area contributed by atoms with Crippen molar-refractivity contribution in [1.29, 1.82) is 0 Å². The van der Waals surface area contributed by atoms with E-state index in [1.165, 1.54) is 25.7 Å². The molecule has 0 saturated heterocycles. The maximum Gasteiger partial charge on any atom is 0.323 e. The molecule has 0 bridgehead atoms. The maximum atomic E-state index is 12.5. The molecule has 5 rings (SSSR count). The number of aromatic nitrogens is 2. The number of carbonyl (C=O) groups excluding carboxylic acids is 1. The van der Waals surface area contributed by atoms with E-state index in [-0.39, 0.29) is 6.03 Å². The van der Waals surface area contributed by atoms with Gasteiger partial charge >= 0.3 is 6.03 Å². The van der Waals surface area contributed by atoms with Gasteiger partial charge in [-0.3, -0.25) is 4.68 Å². The number of ether oxygens (including phenoxy) is 1. The Hall–Kier alpha value is -3.84. The molecule has 2 amide bonds. The fourth-order valence-corrected chi connectivity index (χ4v) is 4.37. The van der Waals surface area contributed by atoms with Gasteiger partial charge in [-0.25, -0.2) is 4.79 Å². The number of fused-ring (bicyclic) bond motifs is 1. The maximum absolute atomic E-state index is 12.5. The average molecular weight is 456 g/mol. The van der Waals surface area contributed by atoms with Crippen LogP contribution in [-0.4, -0.2) is 28.4 Å². The lowest BCUT2D eigenvalue weighted by Crippen LogP contribution is -2.29. The van der Waals surface area contributed by atoms with Gasteiger partial charge in [0.1, 0.15) is 11.5 Å². The van der Waals surface area contributed by atoms with E-state index in [0.29, 0.717) is 17.5 Å². The Kier molecular flexibility index (Phi) is 6.72. The number of hydrogen-bond donors (Lipinski definition) is 3. The van der Waals surface area contributed by atoms with E-state index in [4.69, 9.17) is 4.74 Å². The number of rotatable bonds is 8. The second-order valence-electron chi connectivity index (χ2n) is 8.60. The van der Waals surface area contributed by atoms with Gasteiger partial charge in [-0.05, 0) is 67.4 Å². The van der Waals surface area contributed by atoms with Crippen molar-refractivity contribution in [2.45, 2.75) is 38.3 Å². The Bertz CT molecular complexity index is 1230. The molecule has 0 radical (unpaired) electrons. The van der Waals surface area contributed by atoms with Crippen molar-refractivity contribution in [3.63, 3.8) is 0 Å². The number of nitrogens with one attached hydrogen (secondary N) is 3. The fourth-order valence-electron chi connectivity index (χ4n) is 4.37. The summed E-state index contributed by atoms with van der Waals surface area (Å²) in [5, 5.41) is 14.9. The molecule has 1 aliphatic rings. The number of carbonyl (C=O) groups is 1. The Morgan fingerprint density at radius 1 is 0.912 bits per heavy atom. The largest absolute Gasteiger partial charge is 0.457 e. The Balaban J connectivity index is 1.14. The average Bonchev–Trinajstić information content (AvgIpc) is 3.51. The molecule has 0 aliphatic heterocycles. The summed E-state index contributed by atoms with van der Waals surface area (Å²) in [6.45, 7) is 1.75. The molecule has 3 N–H and O–H groups in total. The SMILES string of the molecule is O=C(Nc1ccc(Oc2ccccc2)cc1)Nc1ccc2c(cnn2CCNC2CCCC2)c1. The lowest BCUT2D eigenvalue weighted by atomic mass is 10.2. The van der Waals surface area contributed by atoms with Crippen molar-refractivity contribution in [1.82, 2.24) is 15.1 Å². The molecular weight excluding hydrogens is 426 g/mol.